The van der Waals surface area contributed by atoms with Crippen LogP contribution >= 0.6 is 15.9 Å². The molecule has 1 atom stereocenters. The normalized spacial score (nSPS) is 20.1. The monoisotopic (exact) mass is 282 g/mol. The fraction of sp³-hybridized carbons (Fsp3) is 0.417. The van der Waals surface area contributed by atoms with Gasteiger partial charge in [0.05, 0.1) is 0 Å². The summed E-state index contributed by atoms with van der Waals surface area (Å²) in [6.45, 7) is 2.94. The first-order valence-electron chi connectivity index (χ1n) is 5.45. The fourth-order valence-corrected chi connectivity index (χ4v) is 2.65. The van der Waals surface area contributed by atoms with Crippen molar-refractivity contribution in [2.45, 2.75) is 25.8 Å². The van der Waals surface area contributed by atoms with Gasteiger partial charge in [0.15, 0.2) is 0 Å². The molecule has 1 heterocycles. The van der Waals surface area contributed by atoms with Gasteiger partial charge in [0, 0.05) is 28.3 Å². The van der Waals surface area contributed by atoms with Crippen LogP contribution in [0.15, 0.2) is 22.7 Å². The Labute approximate surface area is 104 Å². The molecule has 1 aromatic carbocycles. The minimum Gasteiger partial charge on any atom is -0.399 e. The Kier molecular flexibility index (Phi) is 3.19. The highest BCUT2D eigenvalue weighted by atomic mass is 79.9. The van der Waals surface area contributed by atoms with Gasteiger partial charge in [-0.25, -0.2) is 0 Å². The van der Waals surface area contributed by atoms with E-state index in [2.05, 4.69) is 22.9 Å². The van der Waals surface area contributed by atoms with Crippen molar-refractivity contribution in [2.24, 2.45) is 0 Å². The van der Waals surface area contributed by atoms with Crippen LogP contribution < -0.4 is 5.73 Å². The van der Waals surface area contributed by atoms with Gasteiger partial charge in [-0.2, -0.15) is 0 Å². The zero-order valence-electron chi connectivity index (χ0n) is 9.24. The average Bonchev–Trinajstić information content (AvgIpc) is 2.62. The molecule has 4 heteroatoms. The maximum Gasteiger partial charge on any atom is 0.254 e. The smallest absolute Gasteiger partial charge is 0.254 e. The standard InChI is InChI=1S/C12H15BrN2O/c1-8-3-2-4-15(8)12(16)9-5-10(13)7-11(14)6-9/h5-8H,2-4,14H2,1H3. The van der Waals surface area contributed by atoms with E-state index in [0.717, 1.165) is 23.9 Å². The van der Waals surface area contributed by atoms with Gasteiger partial charge in [0.25, 0.3) is 5.91 Å². The van der Waals surface area contributed by atoms with Gasteiger partial charge in [-0.3, -0.25) is 4.79 Å². The molecule has 16 heavy (non-hydrogen) atoms. The maximum atomic E-state index is 12.2. The third-order valence-corrected chi connectivity index (χ3v) is 3.44. The Morgan fingerprint density at radius 1 is 1.50 bits per heavy atom. The number of anilines is 1. The number of nitrogens with two attached hydrogens (primary N) is 1. The van der Waals surface area contributed by atoms with Gasteiger partial charge in [-0.05, 0) is 38.0 Å². The third kappa shape index (κ3) is 2.21. The summed E-state index contributed by atoms with van der Waals surface area (Å²) < 4.78 is 0.850. The molecule has 1 amide bonds. The number of hydrogen-bond donors (Lipinski definition) is 1. The van der Waals surface area contributed by atoms with Crippen LogP contribution in [-0.2, 0) is 0 Å². The van der Waals surface area contributed by atoms with E-state index < -0.39 is 0 Å². The van der Waals surface area contributed by atoms with E-state index in [1.54, 1.807) is 12.1 Å². The number of nitrogen functional groups attached to an aromatic ring is 1. The molecule has 0 saturated carbocycles. The number of rotatable bonds is 1. The number of benzene rings is 1. The quantitative estimate of drug-likeness (QED) is 0.805. The molecular weight excluding hydrogens is 268 g/mol. The first-order chi connectivity index (χ1) is 7.58. The van der Waals surface area contributed by atoms with Crippen molar-refractivity contribution < 1.29 is 4.79 Å². The first-order valence-corrected chi connectivity index (χ1v) is 6.24. The second kappa shape index (κ2) is 4.45. The van der Waals surface area contributed by atoms with Gasteiger partial charge >= 0.3 is 0 Å². The summed E-state index contributed by atoms with van der Waals surface area (Å²) in [5.74, 6) is 0.0815. The molecule has 3 nitrogen and oxygen atoms in total. The Morgan fingerprint density at radius 2 is 2.25 bits per heavy atom. The summed E-state index contributed by atoms with van der Waals surface area (Å²) in [6, 6.07) is 5.69. The molecule has 1 aliphatic rings. The molecule has 0 bridgehead atoms. The minimum absolute atomic E-state index is 0.0815. The molecule has 2 rings (SSSR count). The van der Waals surface area contributed by atoms with Crippen LogP contribution in [0.25, 0.3) is 0 Å². The Bertz CT molecular complexity index is 399. The van der Waals surface area contributed by atoms with Crippen molar-refractivity contribution in [1.82, 2.24) is 4.90 Å². The zero-order chi connectivity index (χ0) is 11.7. The number of likely N-dealkylation sites (tertiary alicyclic amines) is 1. The second-order valence-corrected chi connectivity index (χ2v) is 5.18. The molecule has 2 N–H and O–H groups in total. The molecule has 1 saturated heterocycles. The highest BCUT2D eigenvalue weighted by molar-refractivity contribution is 9.10. The van der Waals surface area contributed by atoms with Gasteiger partial charge in [0.1, 0.15) is 0 Å². The highest BCUT2D eigenvalue weighted by Gasteiger charge is 2.26. The van der Waals surface area contributed by atoms with E-state index in [1.165, 1.54) is 0 Å². The Balaban J connectivity index is 2.26. The highest BCUT2D eigenvalue weighted by Crippen LogP contribution is 2.23. The Morgan fingerprint density at radius 3 is 2.81 bits per heavy atom. The van der Waals surface area contributed by atoms with E-state index >= 15 is 0 Å². The minimum atomic E-state index is 0.0815. The number of carbonyl (C=O) groups is 1. The van der Waals surface area contributed by atoms with E-state index in [4.69, 9.17) is 5.73 Å². The molecule has 1 fully saturated rings. The van der Waals surface area contributed by atoms with E-state index in [-0.39, 0.29) is 5.91 Å². The zero-order valence-corrected chi connectivity index (χ0v) is 10.8. The molecule has 0 aromatic heterocycles. The van der Waals surface area contributed by atoms with Crippen LogP contribution in [-0.4, -0.2) is 23.4 Å². The van der Waals surface area contributed by atoms with E-state index in [0.29, 0.717) is 17.3 Å². The van der Waals surface area contributed by atoms with E-state index in [9.17, 15) is 4.79 Å². The second-order valence-electron chi connectivity index (χ2n) is 4.26. The molecular formula is C12H15BrN2O. The van der Waals surface area contributed by atoms with Gasteiger partial charge in [-0.1, -0.05) is 15.9 Å². The van der Waals surface area contributed by atoms with Crippen molar-refractivity contribution in [3.05, 3.63) is 28.2 Å². The topological polar surface area (TPSA) is 46.3 Å². The van der Waals surface area contributed by atoms with Gasteiger partial charge < -0.3 is 10.6 Å². The lowest BCUT2D eigenvalue weighted by molar-refractivity contribution is 0.0747. The molecule has 1 aliphatic heterocycles. The number of nitrogens with zero attached hydrogens (tertiary/aromatic N) is 1. The lowest BCUT2D eigenvalue weighted by Gasteiger charge is -2.21. The van der Waals surface area contributed by atoms with Crippen molar-refractivity contribution in [3.63, 3.8) is 0 Å². The van der Waals surface area contributed by atoms with Crippen LogP contribution in [0.2, 0.25) is 0 Å². The van der Waals surface area contributed by atoms with Crippen LogP contribution in [0, 0.1) is 0 Å². The summed E-state index contributed by atoms with van der Waals surface area (Å²) in [4.78, 5) is 14.1. The third-order valence-electron chi connectivity index (χ3n) is 2.98. The number of halogens is 1. The van der Waals surface area contributed by atoms with Crippen molar-refractivity contribution in [2.75, 3.05) is 12.3 Å². The number of amides is 1. The lowest BCUT2D eigenvalue weighted by atomic mass is 10.1. The molecule has 0 aliphatic carbocycles. The van der Waals surface area contributed by atoms with Crippen LogP contribution in [0.4, 0.5) is 5.69 Å². The van der Waals surface area contributed by atoms with Gasteiger partial charge in [-0.15, -0.1) is 0 Å². The van der Waals surface area contributed by atoms with Crippen molar-refractivity contribution in [1.29, 1.82) is 0 Å². The van der Waals surface area contributed by atoms with Crippen LogP contribution in [0.1, 0.15) is 30.1 Å². The Hall–Kier alpha value is -1.03. The lowest BCUT2D eigenvalue weighted by Crippen LogP contribution is -2.33. The SMILES string of the molecule is CC1CCCN1C(=O)c1cc(N)cc(Br)c1. The number of hydrogen-bond acceptors (Lipinski definition) is 2. The van der Waals surface area contributed by atoms with Crippen molar-refractivity contribution >= 4 is 27.5 Å². The van der Waals surface area contributed by atoms with Crippen LogP contribution in [0.3, 0.4) is 0 Å². The molecule has 0 radical (unpaired) electrons. The molecule has 1 aromatic rings. The summed E-state index contributed by atoms with van der Waals surface area (Å²) in [5, 5.41) is 0. The van der Waals surface area contributed by atoms with Crippen molar-refractivity contribution in [3.8, 4) is 0 Å². The van der Waals surface area contributed by atoms with Gasteiger partial charge in [0.2, 0.25) is 0 Å². The largest absolute Gasteiger partial charge is 0.399 e. The molecule has 86 valence electrons. The summed E-state index contributed by atoms with van der Waals surface area (Å²) >= 11 is 3.35. The molecule has 1 unspecified atom stereocenters. The molecule has 0 spiro atoms. The van der Waals surface area contributed by atoms with E-state index in [1.807, 2.05) is 11.0 Å². The maximum absolute atomic E-state index is 12.2. The average molecular weight is 283 g/mol. The van der Waals surface area contributed by atoms with Crippen LogP contribution in [0.5, 0.6) is 0 Å². The first kappa shape index (κ1) is 11.5. The predicted octanol–water partition coefficient (Wildman–Crippen LogP) is 2.66. The summed E-state index contributed by atoms with van der Waals surface area (Å²) in [6.07, 6.45) is 2.19. The number of carbonyl (C=O) groups excluding carboxylic acids is 1. The predicted molar refractivity (Wildman–Crippen MR) is 68.3 cm³/mol. The fourth-order valence-electron chi connectivity index (χ4n) is 2.14. The summed E-state index contributed by atoms with van der Waals surface area (Å²) in [7, 11) is 0. The summed E-state index contributed by atoms with van der Waals surface area (Å²) in [5.41, 5.74) is 7.01.